The molecule has 7 heteroatoms. The number of carbonyl (C=O) groups is 1. The van der Waals surface area contributed by atoms with Gasteiger partial charge in [-0.15, -0.1) is 11.3 Å². The van der Waals surface area contributed by atoms with E-state index in [4.69, 9.17) is 0 Å². The predicted molar refractivity (Wildman–Crippen MR) is 98.2 cm³/mol. The quantitative estimate of drug-likeness (QED) is 0.634. The summed E-state index contributed by atoms with van der Waals surface area (Å²) in [6.07, 6.45) is 2.28. The zero-order chi connectivity index (χ0) is 17.6. The summed E-state index contributed by atoms with van der Waals surface area (Å²) in [6.45, 7) is 3.30. The summed E-state index contributed by atoms with van der Waals surface area (Å²) in [4.78, 5) is 26.5. The Morgan fingerprint density at radius 2 is 2.00 bits per heavy atom. The normalized spacial score (nSPS) is 15.8. The Hall–Kier alpha value is -2.25. The molecule has 0 spiro atoms. The van der Waals surface area contributed by atoms with Gasteiger partial charge in [-0.3, -0.25) is 14.9 Å². The van der Waals surface area contributed by atoms with E-state index in [0.29, 0.717) is 12.5 Å². The van der Waals surface area contributed by atoms with Gasteiger partial charge in [0.25, 0.3) is 11.6 Å². The van der Waals surface area contributed by atoms with Crippen molar-refractivity contribution in [3.8, 4) is 0 Å². The van der Waals surface area contributed by atoms with E-state index in [0.717, 1.165) is 32.5 Å². The Labute approximate surface area is 150 Å². The summed E-state index contributed by atoms with van der Waals surface area (Å²) in [5.74, 6) is 0.263. The van der Waals surface area contributed by atoms with Crippen LogP contribution < -0.4 is 5.32 Å². The zero-order valence-electron chi connectivity index (χ0n) is 13.9. The van der Waals surface area contributed by atoms with Gasteiger partial charge in [-0.1, -0.05) is 18.2 Å². The van der Waals surface area contributed by atoms with E-state index in [9.17, 15) is 14.9 Å². The molecule has 0 saturated carbocycles. The van der Waals surface area contributed by atoms with E-state index in [-0.39, 0.29) is 17.2 Å². The molecule has 1 aliphatic heterocycles. The van der Waals surface area contributed by atoms with Crippen molar-refractivity contribution in [2.75, 3.05) is 26.2 Å². The Morgan fingerprint density at radius 3 is 2.68 bits per heavy atom. The molecular formula is C18H21N3O3S. The van der Waals surface area contributed by atoms with Crippen molar-refractivity contribution in [2.45, 2.75) is 18.8 Å². The third-order valence-corrected chi connectivity index (χ3v) is 5.63. The number of nitro benzene ring substituents is 1. The highest BCUT2D eigenvalue weighted by atomic mass is 32.1. The molecule has 2 heterocycles. The Morgan fingerprint density at radius 1 is 1.24 bits per heavy atom. The van der Waals surface area contributed by atoms with Gasteiger partial charge in [0.05, 0.1) is 4.92 Å². The maximum absolute atomic E-state index is 12.2. The van der Waals surface area contributed by atoms with Gasteiger partial charge in [-0.05, 0) is 49.4 Å². The summed E-state index contributed by atoms with van der Waals surface area (Å²) in [5.41, 5.74) is -0.0411. The molecule has 0 radical (unpaired) electrons. The fourth-order valence-electron chi connectivity index (χ4n) is 3.21. The highest BCUT2D eigenvalue weighted by molar-refractivity contribution is 7.10. The number of nitrogens with one attached hydrogen (secondary N) is 1. The van der Waals surface area contributed by atoms with Gasteiger partial charge in [0.1, 0.15) is 5.56 Å². The van der Waals surface area contributed by atoms with Crippen molar-refractivity contribution >= 4 is 22.9 Å². The van der Waals surface area contributed by atoms with Gasteiger partial charge in [0, 0.05) is 24.0 Å². The second-order valence-corrected chi connectivity index (χ2v) is 7.14. The van der Waals surface area contributed by atoms with E-state index < -0.39 is 4.92 Å². The van der Waals surface area contributed by atoms with Crippen molar-refractivity contribution in [1.29, 1.82) is 0 Å². The van der Waals surface area contributed by atoms with Crippen LogP contribution in [0.15, 0.2) is 41.8 Å². The second kappa shape index (κ2) is 8.22. The standard InChI is InChI=1S/C18H21N3O3S/c22-18(15-4-1-2-5-16(15)21(23)24)19-9-12-20-10-7-14(8-11-20)17-6-3-13-25-17/h1-6,13-14H,7-12H2,(H,19,22). The number of thiophene rings is 1. The SMILES string of the molecule is O=C(NCCN1CCC(c2cccs2)CC1)c1ccccc1[N+](=O)[O-]. The number of para-hydroxylation sites is 1. The molecule has 6 nitrogen and oxygen atoms in total. The summed E-state index contributed by atoms with van der Waals surface area (Å²) in [5, 5.41) is 15.9. The van der Waals surface area contributed by atoms with Gasteiger partial charge in [0.15, 0.2) is 0 Å². The largest absolute Gasteiger partial charge is 0.351 e. The van der Waals surface area contributed by atoms with Crippen LogP contribution in [-0.4, -0.2) is 41.9 Å². The first-order valence-electron chi connectivity index (χ1n) is 8.42. The highest BCUT2D eigenvalue weighted by Gasteiger charge is 2.22. The van der Waals surface area contributed by atoms with Crippen LogP contribution in [0, 0.1) is 10.1 Å². The first-order chi connectivity index (χ1) is 12.1. The molecule has 25 heavy (non-hydrogen) atoms. The lowest BCUT2D eigenvalue weighted by atomic mass is 9.95. The third-order valence-electron chi connectivity index (χ3n) is 4.59. The van der Waals surface area contributed by atoms with E-state index in [1.165, 1.54) is 17.0 Å². The highest BCUT2D eigenvalue weighted by Crippen LogP contribution is 2.30. The van der Waals surface area contributed by atoms with Crippen molar-refractivity contribution < 1.29 is 9.72 Å². The minimum atomic E-state index is -0.524. The molecule has 1 N–H and O–H groups in total. The minimum absolute atomic E-state index is 0.115. The molecule has 1 aromatic carbocycles. The van der Waals surface area contributed by atoms with E-state index >= 15 is 0 Å². The monoisotopic (exact) mass is 359 g/mol. The Bertz CT molecular complexity index is 725. The lowest BCUT2D eigenvalue weighted by Gasteiger charge is -2.31. The molecule has 0 atom stereocenters. The number of rotatable bonds is 6. The molecule has 1 aromatic heterocycles. The van der Waals surface area contributed by atoms with Crippen LogP contribution in [0.5, 0.6) is 0 Å². The number of benzene rings is 1. The number of carbonyl (C=O) groups excluding carboxylic acids is 1. The smallest absolute Gasteiger partial charge is 0.282 e. The van der Waals surface area contributed by atoms with Crippen LogP contribution in [-0.2, 0) is 0 Å². The Balaban J connectivity index is 1.45. The number of piperidine rings is 1. The number of likely N-dealkylation sites (tertiary alicyclic amines) is 1. The summed E-state index contributed by atoms with van der Waals surface area (Å²) in [6, 6.07) is 10.3. The Kier molecular flexibility index (Phi) is 5.78. The van der Waals surface area contributed by atoms with Crippen molar-refractivity contribution in [1.82, 2.24) is 10.2 Å². The number of amides is 1. The van der Waals surface area contributed by atoms with Crippen LogP contribution >= 0.6 is 11.3 Å². The van der Waals surface area contributed by atoms with E-state index in [1.54, 1.807) is 12.1 Å². The molecule has 1 fully saturated rings. The maximum atomic E-state index is 12.2. The number of nitro groups is 1. The van der Waals surface area contributed by atoms with Gasteiger partial charge >= 0.3 is 0 Å². The molecule has 1 amide bonds. The molecule has 0 unspecified atom stereocenters. The van der Waals surface area contributed by atoms with Crippen LogP contribution in [0.25, 0.3) is 0 Å². The third kappa shape index (κ3) is 4.43. The van der Waals surface area contributed by atoms with Gasteiger partial charge in [-0.25, -0.2) is 0 Å². The average molecular weight is 359 g/mol. The van der Waals surface area contributed by atoms with Gasteiger partial charge in [0.2, 0.25) is 0 Å². The lowest BCUT2D eigenvalue weighted by Crippen LogP contribution is -2.39. The number of hydrogen-bond acceptors (Lipinski definition) is 5. The van der Waals surface area contributed by atoms with Crippen molar-refractivity contribution in [2.24, 2.45) is 0 Å². The van der Waals surface area contributed by atoms with Crippen LogP contribution in [0.3, 0.4) is 0 Å². The van der Waals surface area contributed by atoms with Crippen molar-refractivity contribution in [3.63, 3.8) is 0 Å². The minimum Gasteiger partial charge on any atom is -0.351 e. The molecule has 3 rings (SSSR count). The summed E-state index contributed by atoms with van der Waals surface area (Å²) >= 11 is 1.82. The average Bonchev–Trinajstić information content (AvgIpc) is 3.17. The van der Waals surface area contributed by atoms with E-state index in [2.05, 4.69) is 27.7 Å². The second-order valence-electron chi connectivity index (χ2n) is 6.16. The lowest BCUT2D eigenvalue weighted by molar-refractivity contribution is -0.385. The van der Waals surface area contributed by atoms with Crippen LogP contribution in [0.2, 0.25) is 0 Å². The molecule has 1 aliphatic rings. The van der Waals surface area contributed by atoms with E-state index in [1.807, 2.05) is 11.3 Å². The molecular weight excluding hydrogens is 338 g/mol. The maximum Gasteiger partial charge on any atom is 0.282 e. The molecule has 2 aromatic rings. The number of nitrogens with zero attached hydrogens (tertiary/aromatic N) is 2. The molecule has 1 saturated heterocycles. The van der Waals surface area contributed by atoms with Gasteiger partial charge in [-0.2, -0.15) is 0 Å². The predicted octanol–water partition coefficient (Wildman–Crippen LogP) is 3.27. The van der Waals surface area contributed by atoms with Gasteiger partial charge < -0.3 is 10.2 Å². The fourth-order valence-corrected chi connectivity index (χ4v) is 4.11. The van der Waals surface area contributed by atoms with Crippen molar-refractivity contribution in [3.05, 3.63) is 62.3 Å². The zero-order valence-corrected chi connectivity index (χ0v) is 14.7. The number of hydrogen-bond donors (Lipinski definition) is 1. The molecule has 132 valence electrons. The first-order valence-corrected chi connectivity index (χ1v) is 9.30. The van der Waals surface area contributed by atoms with Crippen LogP contribution in [0.1, 0.15) is 34.0 Å². The molecule has 0 aliphatic carbocycles. The fraction of sp³-hybridized carbons (Fsp3) is 0.389. The summed E-state index contributed by atoms with van der Waals surface area (Å²) in [7, 11) is 0. The molecule has 0 bridgehead atoms. The topological polar surface area (TPSA) is 75.5 Å². The first kappa shape index (κ1) is 17.6. The summed E-state index contributed by atoms with van der Waals surface area (Å²) < 4.78 is 0. The van der Waals surface area contributed by atoms with Crippen LogP contribution in [0.4, 0.5) is 5.69 Å².